The molecule has 5 nitrogen and oxygen atoms in total. The first-order chi connectivity index (χ1) is 13.1. The Bertz CT molecular complexity index is 823. The molecule has 2 aliphatic heterocycles. The predicted octanol–water partition coefficient (Wildman–Crippen LogP) is 2.01. The third kappa shape index (κ3) is 3.88. The molecule has 0 bridgehead atoms. The number of nitrogens with zero attached hydrogens (tertiary/aromatic N) is 2. The number of aliphatic hydroxyl groups is 1. The van der Waals surface area contributed by atoms with Gasteiger partial charge < -0.3 is 14.7 Å². The maximum Gasteiger partial charge on any atom is 0.254 e. The van der Waals surface area contributed by atoms with Crippen molar-refractivity contribution in [3.8, 4) is 11.1 Å². The van der Waals surface area contributed by atoms with E-state index in [-0.39, 0.29) is 17.8 Å². The predicted molar refractivity (Wildman–Crippen MR) is 99.9 cm³/mol. The smallest absolute Gasteiger partial charge is 0.254 e. The fourth-order valence-electron chi connectivity index (χ4n) is 3.89. The van der Waals surface area contributed by atoms with Crippen molar-refractivity contribution >= 4 is 5.91 Å². The molecule has 2 fully saturated rings. The molecule has 0 spiro atoms. The number of halogens is 1. The van der Waals surface area contributed by atoms with Gasteiger partial charge in [-0.15, -0.1) is 0 Å². The van der Waals surface area contributed by atoms with Gasteiger partial charge in [0.05, 0.1) is 25.4 Å². The van der Waals surface area contributed by atoms with Crippen molar-refractivity contribution in [3.05, 3.63) is 59.9 Å². The number of β-amino-alcohol motifs (C(OH)–C–C–N with tert-alkyl or cyclic N) is 1. The molecule has 2 heterocycles. The minimum absolute atomic E-state index is 0.0516. The summed E-state index contributed by atoms with van der Waals surface area (Å²) in [7, 11) is 0. The zero-order valence-corrected chi connectivity index (χ0v) is 15.1. The van der Waals surface area contributed by atoms with Crippen molar-refractivity contribution in [3.63, 3.8) is 0 Å². The summed E-state index contributed by atoms with van der Waals surface area (Å²) < 4.78 is 18.9. The minimum atomic E-state index is -0.557. The van der Waals surface area contributed by atoms with Crippen LogP contribution in [0.25, 0.3) is 11.1 Å². The lowest BCUT2D eigenvalue weighted by Gasteiger charge is -2.33. The SMILES string of the molecule is O=C(c1cccc(-c2cccc(F)c2)c1)N1C[C@@H](O)[C@H](N2CCOCC2)C1. The summed E-state index contributed by atoms with van der Waals surface area (Å²) in [5.74, 6) is -0.414. The van der Waals surface area contributed by atoms with Gasteiger partial charge in [-0.1, -0.05) is 24.3 Å². The average Bonchev–Trinajstić information content (AvgIpc) is 3.10. The van der Waals surface area contributed by atoms with E-state index in [9.17, 15) is 14.3 Å². The first-order valence-electron chi connectivity index (χ1n) is 9.27. The van der Waals surface area contributed by atoms with E-state index in [0.717, 1.165) is 24.2 Å². The zero-order valence-electron chi connectivity index (χ0n) is 15.1. The first-order valence-corrected chi connectivity index (χ1v) is 9.27. The van der Waals surface area contributed by atoms with E-state index in [2.05, 4.69) is 4.90 Å². The van der Waals surface area contributed by atoms with Gasteiger partial charge in [-0.3, -0.25) is 9.69 Å². The highest BCUT2D eigenvalue weighted by molar-refractivity contribution is 5.95. The molecular weight excluding hydrogens is 347 g/mol. The molecule has 1 amide bonds. The summed E-state index contributed by atoms with van der Waals surface area (Å²) in [5, 5.41) is 10.5. The molecule has 0 radical (unpaired) electrons. The van der Waals surface area contributed by atoms with Crippen LogP contribution in [0, 0.1) is 5.82 Å². The summed E-state index contributed by atoms with van der Waals surface area (Å²) in [4.78, 5) is 16.9. The second kappa shape index (κ2) is 7.76. The first kappa shape index (κ1) is 18.1. The van der Waals surface area contributed by atoms with Gasteiger partial charge in [0, 0.05) is 31.7 Å². The Hall–Kier alpha value is -2.28. The topological polar surface area (TPSA) is 53.0 Å². The largest absolute Gasteiger partial charge is 0.390 e. The number of carbonyl (C=O) groups is 1. The maximum absolute atomic E-state index is 13.5. The van der Waals surface area contributed by atoms with Crippen molar-refractivity contribution in [1.29, 1.82) is 0 Å². The second-order valence-electron chi connectivity index (χ2n) is 7.08. The maximum atomic E-state index is 13.5. The lowest BCUT2D eigenvalue weighted by Crippen LogP contribution is -2.49. The van der Waals surface area contributed by atoms with E-state index in [1.165, 1.54) is 12.1 Å². The Kier molecular flexibility index (Phi) is 5.20. The number of aliphatic hydroxyl groups excluding tert-OH is 1. The van der Waals surface area contributed by atoms with Gasteiger partial charge >= 0.3 is 0 Å². The van der Waals surface area contributed by atoms with Crippen LogP contribution in [-0.2, 0) is 4.74 Å². The number of rotatable bonds is 3. The van der Waals surface area contributed by atoms with Crippen LogP contribution in [0.4, 0.5) is 4.39 Å². The van der Waals surface area contributed by atoms with Crippen LogP contribution in [0.2, 0.25) is 0 Å². The van der Waals surface area contributed by atoms with Gasteiger partial charge in [0.2, 0.25) is 0 Å². The van der Waals surface area contributed by atoms with Gasteiger partial charge in [0.1, 0.15) is 5.82 Å². The molecule has 27 heavy (non-hydrogen) atoms. The van der Waals surface area contributed by atoms with Crippen molar-refractivity contribution < 1.29 is 19.0 Å². The lowest BCUT2D eigenvalue weighted by atomic mass is 10.0. The highest BCUT2D eigenvalue weighted by atomic mass is 19.1. The zero-order chi connectivity index (χ0) is 18.8. The molecule has 2 aliphatic rings. The Labute approximate surface area is 158 Å². The third-order valence-corrected chi connectivity index (χ3v) is 5.33. The molecule has 0 aromatic heterocycles. The van der Waals surface area contributed by atoms with E-state index >= 15 is 0 Å². The number of carbonyl (C=O) groups excluding carboxylic acids is 1. The molecule has 2 aromatic rings. The quantitative estimate of drug-likeness (QED) is 0.898. The van der Waals surface area contributed by atoms with Gasteiger partial charge in [-0.05, 0) is 35.4 Å². The summed E-state index contributed by atoms with van der Waals surface area (Å²) in [6, 6.07) is 13.5. The molecule has 2 atom stereocenters. The Morgan fingerprint density at radius 3 is 2.48 bits per heavy atom. The van der Waals surface area contributed by atoms with Gasteiger partial charge in [-0.25, -0.2) is 4.39 Å². The van der Waals surface area contributed by atoms with Crippen LogP contribution in [0.5, 0.6) is 0 Å². The van der Waals surface area contributed by atoms with Crippen LogP contribution in [-0.4, -0.2) is 72.4 Å². The number of amides is 1. The van der Waals surface area contributed by atoms with Crippen LogP contribution in [0.15, 0.2) is 48.5 Å². The van der Waals surface area contributed by atoms with Gasteiger partial charge in [0.25, 0.3) is 5.91 Å². The van der Waals surface area contributed by atoms with Gasteiger partial charge in [-0.2, -0.15) is 0 Å². The number of hydrogen-bond donors (Lipinski definition) is 1. The molecule has 6 heteroatoms. The molecule has 142 valence electrons. The van der Waals surface area contributed by atoms with E-state index in [1.54, 1.807) is 29.2 Å². The summed E-state index contributed by atoms with van der Waals surface area (Å²) in [6.07, 6.45) is -0.557. The van der Waals surface area contributed by atoms with Crippen molar-refractivity contribution in [2.45, 2.75) is 12.1 Å². The highest BCUT2D eigenvalue weighted by Crippen LogP contribution is 2.24. The Balaban J connectivity index is 1.50. The van der Waals surface area contributed by atoms with Crippen LogP contribution in [0.1, 0.15) is 10.4 Å². The molecule has 2 aromatic carbocycles. The standard InChI is InChI=1S/C21H23FN2O3/c22-18-6-2-4-16(12-18)15-3-1-5-17(11-15)21(26)24-13-19(20(25)14-24)23-7-9-27-10-8-23/h1-6,11-12,19-20,25H,7-10,13-14H2/t19-,20-/m1/s1. The molecule has 0 saturated carbocycles. The minimum Gasteiger partial charge on any atom is -0.390 e. The number of hydrogen-bond acceptors (Lipinski definition) is 4. The molecule has 0 unspecified atom stereocenters. The van der Waals surface area contributed by atoms with Crippen molar-refractivity contribution in [1.82, 2.24) is 9.80 Å². The number of benzene rings is 2. The lowest BCUT2D eigenvalue weighted by molar-refractivity contribution is -0.00611. The average molecular weight is 370 g/mol. The molecular formula is C21H23FN2O3. The van der Waals surface area contributed by atoms with E-state index in [0.29, 0.717) is 31.9 Å². The Morgan fingerprint density at radius 1 is 1.04 bits per heavy atom. The summed E-state index contributed by atoms with van der Waals surface area (Å²) >= 11 is 0. The van der Waals surface area contributed by atoms with E-state index in [1.807, 2.05) is 12.1 Å². The number of morpholine rings is 1. The second-order valence-corrected chi connectivity index (χ2v) is 7.08. The number of likely N-dealkylation sites (tertiary alicyclic amines) is 1. The van der Waals surface area contributed by atoms with Crippen LogP contribution < -0.4 is 0 Å². The normalized spacial score (nSPS) is 23.6. The van der Waals surface area contributed by atoms with Crippen LogP contribution >= 0.6 is 0 Å². The van der Waals surface area contributed by atoms with Crippen molar-refractivity contribution in [2.24, 2.45) is 0 Å². The van der Waals surface area contributed by atoms with E-state index in [4.69, 9.17) is 4.74 Å². The highest BCUT2D eigenvalue weighted by Gasteiger charge is 2.38. The summed E-state index contributed by atoms with van der Waals surface area (Å²) in [5.41, 5.74) is 2.08. The fourth-order valence-corrected chi connectivity index (χ4v) is 3.89. The summed E-state index contributed by atoms with van der Waals surface area (Å²) in [6.45, 7) is 3.70. The van der Waals surface area contributed by atoms with Crippen molar-refractivity contribution in [2.75, 3.05) is 39.4 Å². The Morgan fingerprint density at radius 2 is 1.74 bits per heavy atom. The molecule has 4 rings (SSSR count). The fraction of sp³-hybridized carbons (Fsp3) is 0.381. The monoisotopic (exact) mass is 370 g/mol. The molecule has 0 aliphatic carbocycles. The van der Waals surface area contributed by atoms with E-state index < -0.39 is 6.10 Å². The van der Waals surface area contributed by atoms with Gasteiger partial charge in [0.15, 0.2) is 0 Å². The number of ether oxygens (including phenoxy) is 1. The molecule has 1 N–H and O–H groups in total. The third-order valence-electron chi connectivity index (χ3n) is 5.33. The molecule has 2 saturated heterocycles. The van der Waals surface area contributed by atoms with Crippen LogP contribution in [0.3, 0.4) is 0 Å².